The average molecular weight is 709 g/mol. The Bertz CT molecular complexity index is 2150. The summed E-state index contributed by atoms with van der Waals surface area (Å²) in [6.07, 6.45) is 10.2. The van der Waals surface area contributed by atoms with E-state index < -0.39 is 17.2 Å². The molecule has 2 aromatic carbocycles. The molecule has 8 rings (SSSR count). The van der Waals surface area contributed by atoms with Crippen molar-refractivity contribution in [3.05, 3.63) is 65.9 Å². The Morgan fingerprint density at radius 1 is 1.12 bits per heavy atom. The summed E-state index contributed by atoms with van der Waals surface area (Å²) in [4.78, 5) is 33.7. The van der Waals surface area contributed by atoms with Crippen LogP contribution in [0.1, 0.15) is 52.0 Å². The zero-order valence-corrected chi connectivity index (χ0v) is 29.9. The number of hydrogen-bond donors (Lipinski definition) is 0. The lowest BCUT2D eigenvalue weighted by atomic mass is 9.93. The number of aromatic nitrogens is 3. The molecule has 1 amide bonds. The Morgan fingerprint density at radius 3 is 2.60 bits per heavy atom. The third kappa shape index (κ3) is 5.80. The van der Waals surface area contributed by atoms with Crippen LogP contribution in [0.3, 0.4) is 0 Å². The monoisotopic (exact) mass is 708 g/mol. The second kappa shape index (κ2) is 12.7. The molecule has 12 heteroatoms. The van der Waals surface area contributed by atoms with Gasteiger partial charge in [-0.15, -0.1) is 6.42 Å². The lowest BCUT2D eigenvalue weighted by Crippen LogP contribution is -2.57. The first-order valence-corrected chi connectivity index (χ1v) is 17.8. The molecule has 0 saturated carbocycles. The molecule has 4 atom stereocenters. The molecule has 4 aliphatic heterocycles. The standard InChI is InChI=1S/C40H42F2N6O4/c1-7-28-31(41)14-11-24-9-8-10-29(32(24)28)34-33(42)35-30(17-43-34)36(46-19-25-12-13-26(20-46)48(25)38(49)52-39(3,4)5)45-37(44-35)51-22-40-15-23(2)18-47(40)21-27(16-40)50-6/h1,8-11,14,17,25-27H,2,12-13,15-16,18-22H2,3-6H3/t25?,26?,27-,40+/m1/s1. The van der Waals surface area contributed by atoms with Crippen LogP contribution in [0.4, 0.5) is 19.4 Å². The second-order valence-corrected chi connectivity index (χ2v) is 15.5. The van der Waals surface area contributed by atoms with Gasteiger partial charge in [-0.05, 0) is 57.9 Å². The van der Waals surface area contributed by atoms with Crippen LogP contribution in [0.5, 0.6) is 6.01 Å². The molecule has 2 unspecified atom stereocenters. The number of terminal acetylenes is 1. The molecular weight excluding hydrogens is 666 g/mol. The van der Waals surface area contributed by atoms with Crippen LogP contribution in [-0.4, -0.2) is 100 Å². The molecule has 6 heterocycles. The SMILES string of the molecule is C#Cc1c(F)ccc2cccc(-c3ncc4c(N5CC6CCC(C5)N6C(=O)OC(C)(C)C)nc(OC[C@@]56CC(=C)CN5C[C@H](OC)C6)nc4c3F)c12. The van der Waals surface area contributed by atoms with E-state index in [-0.39, 0.29) is 59.2 Å². The maximum absolute atomic E-state index is 17.1. The smallest absolute Gasteiger partial charge is 0.410 e. The molecule has 0 aliphatic carbocycles. The third-order valence-electron chi connectivity index (χ3n) is 10.9. The first-order valence-electron chi connectivity index (χ1n) is 17.8. The first-order chi connectivity index (χ1) is 24.9. The Kier molecular flexibility index (Phi) is 8.34. The van der Waals surface area contributed by atoms with E-state index >= 15 is 4.39 Å². The van der Waals surface area contributed by atoms with Gasteiger partial charge in [0.1, 0.15) is 35.1 Å². The highest BCUT2D eigenvalue weighted by atomic mass is 19.1. The van der Waals surface area contributed by atoms with Crippen LogP contribution in [0, 0.1) is 24.0 Å². The summed E-state index contributed by atoms with van der Waals surface area (Å²) in [5, 5.41) is 1.45. The number of rotatable bonds is 6. The van der Waals surface area contributed by atoms with E-state index in [1.165, 1.54) is 6.07 Å². The quantitative estimate of drug-likeness (QED) is 0.165. The summed E-state index contributed by atoms with van der Waals surface area (Å²) in [5.41, 5.74) is 0.560. The summed E-state index contributed by atoms with van der Waals surface area (Å²) in [5.74, 6) is 1.64. The lowest BCUT2D eigenvalue weighted by Gasteiger charge is -2.42. The molecule has 0 radical (unpaired) electrons. The minimum Gasteiger partial charge on any atom is -0.461 e. The van der Waals surface area contributed by atoms with Crippen LogP contribution in [0.25, 0.3) is 32.9 Å². The molecule has 4 saturated heterocycles. The van der Waals surface area contributed by atoms with E-state index in [1.807, 2.05) is 25.7 Å². The van der Waals surface area contributed by atoms with Crippen LogP contribution in [0.15, 0.2) is 48.7 Å². The Morgan fingerprint density at radius 2 is 1.88 bits per heavy atom. The number of halogens is 2. The van der Waals surface area contributed by atoms with E-state index in [1.54, 1.807) is 37.6 Å². The number of methoxy groups -OCH3 is 1. The summed E-state index contributed by atoms with van der Waals surface area (Å²) < 4.78 is 49.9. The zero-order chi connectivity index (χ0) is 36.5. The van der Waals surface area contributed by atoms with Gasteiger partial charge in [0, 0.05) is 50.4 Å². The Hall–Kier alpha value is -4.86. The van der Waals surface area contributed by atoms with Crippen LogP contribution >= 0.6 is 0 Å². The van der Waals surface area contributed by atoms with Gasteiger partial charge in [0.05, 0.1) is 34.7 Å². The highest BCUT2D eigenvalue weighted by Gasteiger charge is 2.51. The average Bonchev–Trinajstić information content (AvgIpc) is 3.70. The Balaban J connectivity index is 1.22. The van der Waals surface area contributed by atoms with Crippen molar-refractivity contribution in [3.63, 3.8) is 0 Å². The first kappa shape index (κ1) is 34.2. The van der Waals surface area contributed by atoms with Crippen molar-refractivity contribution in [3.8, 4) is 29.6 Å². The number of carbonyl (C=O) groups is 1. The van der Waals surface area contributed by atoms with Crippen LogP contribution in [-0.2, 0) is 9.47 Å². The fraction of sp³-hybridized carbons (Fsp3) is 0.450. The number of amides is 1. The normalized spacial score (nSPS) is 24.5. The minimum atomic E-state index is -0.699. The van der Waals surface area contributed by atoms with Gasteiger partial charge in [-0.3, -0.25) is 14.8 Å². The molecule has 52 heavy (non-hydrogen) atoms. The van der Waals surface area contributed by atoms with Crippen LogP contribution in [0.2, 0.25) is 0 Å². The molecular formula is C40H42F2N6O4. The number of carbonyl (C=O) groups excluding carboxylic acids is 1. The van der Waals surface area contributed by atoms with E-state index in [4.69, 9.17) is 25.6 Å². The molecule has 4 aromatic rings. The van der Waals surface area contributed by atoms with Crippen molar-refractivity contribution >= 4 is 33.6 Å². The van der Waals surface area contributed by atoms with Crippen molar-refractivity contribution in [2.24, 2.45) is 0 Å². The van der Waals surface area contributed by atoms with Gasteiger partial charge < -0.3 is 19.1 Å². The van der Waals surface area contributed by atoms with Crippen molar-refractivity contribution in [2.45, 2.75) is 75.8 Å². The van der Waals surface area contributed by atoms with Gasteiger partial charge in [0.25, 0.3) is 0 Å². The maximum Gasteiger partial charge on any atom is 0.410 e. The van der Waals surface area contributed by atoms with Gasteiger partial charge in [-0.1, -0.05) is 42.3 Å². The minimum absolute atomic E-state index is 0.0128. The van der Waals surface area contributed by atoms with Crippen LogP contribution < -0.4 is 9.64 Å². The highest BCUT2D eigenvalue weighted by Crippen LogP contribution is 2.43. The summed E-state index contributed by atoms with van der Waals surface area (Å²) in [7, 11) is 1.72. The van der Waals surface area contributed by atoms with Gasteiger partial charge >= 0.3 is 12.1 Å². The summed E-state index contributed by atoms with van der Waals surface area (Å²) in [6.45, 7) is 12.5. The molecule has 4 aliphatic rings. The number of nitrogens with zero attached hydrogens (tertiary/aromatic N) is 6. The second-order valence-electron chi connectivity index (χ2n) is 15.5. The molecule has 0 spiro atoms. The molecule has 270 valence electrons. The zero-order valence-electron chi connectivity index (χ0n) is 29.9. The number of anilines is 1. The van der Waals surface area contributed by atoms with Crippen molar-refractivity contribution in [2.75, 3.05) is 44.8 Å². The topological polar surface area (TPSA) is 93.2 Å². The summed E-state index contributed by atoms with van der Waals surface area (Å²) >= 11 is 0. The summed E-state index contributed by atoms with van der Waals surface area (Å²) in [6, 6.07) is 7.96. The van der Waals surface area contributed by atoms with E-state index in [0.717, 1.165) is 44.3 Å². The largest absolute Gasteiger partial charge is 0.461 e. The number of hydrogen-bond acceptors (Lipinski definition) is 9. The number of benzene rings is 2. The van der Waals surface area contributed by atoms with E-state index in [9.17, 15) is 9.18 Å². The fourth-order valence-corrected chi connectivity index (χ4v) is 8.72. The highest BCUT2D eigenvalue weighted by molar-refractivity contribution is 6.02. The molecule has 2 aromatic heterocycles. The molecule has 10 nitrogen and oxygen atoms in total. The third-order valence-corrected chi connectivity index (χ3v) is 10.9. The van der Waals surface area contributed by atoms with Gasteiger partial charge in [-0.25, -0.2) is 13.6 Å². The van der Waals surface area contributed by atoms with E-state index in [2.05, 4.69) is 32.3 Å². The lowest BCUT2D eigenvalue weighted by molar-refractivity contribution is 0.0122. The Labute approximate surface area is 301 Å². The predicted octanol–water partition coefficient (Wildman–Crippen LogP) is 6.49. The van der Waals surface area contributed by atoms with E-state index in [0.29, 0.717) is 40.6 Å². The number of fused-ring (bicyclic) bond motifs is 5. The molecule has 4 fully saturated rings. The van der Waals surface area contributed by atoms with Crippen molar-refractivity contribution < 1.29 is 27.8 Å². The van der Waals surface area contributed by atoms with Gasteiger partial charge in [0.2, 0.25) is 0 Å². The number of piperazine rings is 1. The maximum atomic E-state index is 17.1. The predicted molar refractivity (Wildman–Crippen MR) is 194 cm³/mol. The molecule has 2 bridgehead atoms. The van der Waals surface area contributed by atoms with Crippen molar-refractivity contribution in [1.29, 1.82) is 0 Å². The van der Waals surface area contributed by atoms with Crippen molar-refractivity contribution in [1.82, 2.24) is 24.8 Å². The molecule has 0 N–H and O–H groups in total. The van der Waals surface area contributed by atoms with Gasteiger partial charge in [0.15, 0.2) is 5.82 Å². The number of pyridine rings is 1. The number of ether oxygens (including phenoxy) is 3. The fourth-order valence-electron chi connectivity index (χ4n) is 8.72. The van der Waals surface area contributed by atoms with Gasteiger partial charge in [-0.2, -0.15) is 9.97 Å².